The van der Waals surface area contributed by atoms with Crippen molar-refractivity contribution in [3.63, 3.8) is 0 Å². The summed E-state index contributed by atoms with van der Waals surface area (Å²) in [5, 5.41) is 14.8. The third kappa shape index (κ3) is 4.92. The highest BCUT2D eigenvalue weighted by Gasteiger charge is 2.14. The second-order valence-electron chi connectivity index (χ2n) is 6.73. The van der Waals surface area contributed by atoms with Crippen molar-refractivity contribution in [2.75, 3.05) is 13.7 Å². The molecule has 2 aromatic carbocycles. The molecule has 0 atom stereocenters. The van der Waals surface area contributed by atoms with Gasteiger partial charge in [0, 0.05) is 48.4 Å². The molecule has 0 radical (unpaired) electrons. The normalized spacial score (nSPS) is 11.1. The van der Waals surface area contributed by atoms with Crippen LogP contribution in [0.4, 0.5) is 0 Å². The molecule has 0 N–H and O–H groups in total. The molecule has 8 heteroatoms. The first kappa shape index (κ1) is 20.7. The number of hydrogen-bond acceptors (Lipinski definition) is 5. The highest BCUT2D eigenvalue weighted by atomic mass is 35.5. The van der Waals surface area contributed by atoms with Crippen molar-refractivity contribution < 1.29 is 4.74 Å². The summed E-state index contributed by atoms with van der Waals surface area (Å²) >= 11 is 7.74. The average Bonchev–Trinajstić information content (AvgIpc) is 3.40. The fourth-order valence-corrected chi connectivity index (χ4v) is 4.14. The van der Waals surface area contributed by atoms with E-state index in [0.717, 1.165) is 46.4 Å². The van der Waals surface area contributed by atoms with E-state index in [-0.39, 0.29) is 0 Å². The van der Waals surface area contributed by atoms with Crippen molar-refractivity contribution in [3.8, 4) is 16.9 Å². The van der Waals surface area contributed by atoms with E-state index in [4.69, 9.17) is 21.4 Å². The maximum absolute atomic E-state index is 6.08. The quantitative estimate of drug-likeness (QED) is 0.268. The van der Waals surface area contributed by atoms with E-state index >= 15 is 0 Å². The first-order chi connectivity index (χ1) is 14.7. The molecule has 0 bridgehead atoms. The second kappa shape index (κ2) is 9.93. The fourth-order valence-electron chi connectivity index (χ4n) is 3.11. The minimum atomic E-state index is 0.710. The Kier molecular flexibility index (Phi) is 6.84. The van der Waals surface area contributed by atoms with Gasteiger partial charge in [0.15, 0.2) is 5.16 Å². The zero-order chi connectivity index (χ0) is 20.8. The van der Waals surface area contributed by atoms with E-state index in [2.05, 4.69) is 21.0 Å². The number of thioether (sulfide) groups is 1. The van der Waals surface area contributed by atoms with Crippen LogP contribution in [0.3, 0.4) is 0 Å². The van der Waals surface area contributed by atoms with Gasteiger partial charge < -0.3 is 9.30 Å². The molecule has 6 nitrogen and oxygen atoms in total. The average molecular weight is 440 g/mol. The van der Waals surface area contributed by atoms with Gasteiger partial charge in [0.2, 0.25) is 0 Å². The monoisotopic (exact) mass is 439 g/mol. The van der Waals surface area contributed by atoms with Crippen LogP contribution in [0.1, 0.15) is 12.0 Å². The number of aromatic nitrogens is 5. The molecule has 0 unspecified atom stereocenters. The van der Waals surface area contributed by atoms with Gasteiger partial charge in [-0.3, -0.25) is 0 Å². The van der Waals surface area contributed by atoms with Crippen LogP contribution in [0.15, 0.2) is 72.3 Å². The van der Waals surface area contributed by atoms with E-state index in [1.54, 1.807) is 25.2 Å². The maximum Gasteiger partial charge on any atom is 0.191 e. The van der Waals surface area contributed by atoms with Crippen LogP contribution in [0, 0.1) is 0 Å². The third-order valence-electron chi connectivity index (χ3n) is 4.61. The standard InChI is InChI=1S/C22H22ClN5OS/c1-29-13-5-12-27-16-24-25-22(27)30-15-18-14-28(20-6-3-2-4-7-20)26-21(18)17-8-10-19(23)11-9-17/h2-4,6-11,14,16H,5,12-13,15H2,1H3. The van der Waals surface area contributed by atoms with Crippen molar-refractivity contribution in [2.45, 2.75) is 23.9 Å². The van der Waals surface area contributed by atoms with Crippen molar-refractivity contribution >= 4 is 23.4 Å². The molecule has 4 rings (SSSR count). The zero-order valence-corrected chi connectivity index (χ0v) is 18.2. The molecule has 0 aliphatic rings. The Morgan fingerprint density at radius 2 is 1.87 bits per heavy atom. The molecule has 0 aliphatic carbocycles. The van der Waals surface area contributed by atoms with Gasteiger partial charge in [-0.05, 0) is 30.7 Å². The lowest BCUT2D eigenvalue weighted by Gasteiger charge is -2.06. The molecule has 154 valence electrons. The summed E-state index contributed by atoms with van der Waals surface area (Å²) in [6.07, 6.45) is 4.77. The Balaban J connectivity index is 1.60. The lowest BCUT2D eigenvalue weighted by atomic mass is 10.1. The molecule has 0 saturated heterocycles. The number of rotatable bonds is 9. The number of hydrogen-bond donors (Lipinski definition) is 0. The number of halogens is 1. The SMILES string of the molecule is COCCCn1cnnc1SCc1cn(-c2ccccc2)nc1-c1ccc(Cl)cc1. The predicted molar refractivity (Wildman–Crippen MR) is 120 cm³/mol. The largest absolute Gasteiger partial charge is 0.385 e. The number of methoxy groups -OCH3 is 1. The summed E-state index contributed by atoms with van der Waals surface area (Å²) in [6, 6.07) is 17.9. The van der Waals surface area contributed by atoms with E-state index < -0.39 is 0 Å². The summed E-state index contributed by atoms with van der Waals surface area (Å²) in [4.78, 5) is 0. The van der Waals surface area contributed by atoms with E-state index in [1.807, 2.05) is 59.3 Å². The van der Waals surface area contributed by atoms with Gasteiger partial charge in [-0.1, -0.05) is 53.7 Å². The van der Waals surface area contributed by atoms with Crippen molar-refractivity contribution in [1.82, 2.24) is 24.5 Å². The van der Waals surface area contributed by atoms with Crippen molar-refractivity contribution in [2.24, 2.45) is 0 Å². The first-order valence-corrected chi connectivity index (χ1v) is 11.0. The molecule has 2 heterocycles. The molecule has 0 saturated carbocycles. The zero-order valence-electron chi connectivity index (χ0n) is 16.6. The Bertz CT molecular complexity index is 1080. The summed E-state index contributed by atoms with van der Waals surface area (Å²) in [6.45, 7) is 1.54. The van der Waals surface area contributed by atoms with Crippen LogP contribution in [0.25, 0.3) is 16.9 Å². The van der Waals surface area contributed by atoms with E-state index in [0.29, 0.717) is 11.6 Å². The number of nitrogens with zero attached hydrogens (tertiary/aromatic N) is 5. The molecular weight excluding hydrogens is 418 g/mol. The highest BCUT2D eigenvalue weighted by Crippen LogP contribution is 2.30. The molecule has 0 aliphatic heterocycles. The maximum atomic E-state index is 6.08. The van der Waals surface area contributed by atoms with Crippen LogP contribution in [0.2, 0.25) is 5.02 Å². The van der Waals surface area contributed by atoms with Gasteiger partial charge in [-0.25, -0.2) is 4.68 Å². The van der Waals surface area contributed by atoms with Crippen LogP contribution < -0.4 is 0 Å². The molecular formula is C22H22ClN5OS. The summed E-state index contributed by atoms with van der Waals surface area (Å²) in [5.41, 5.74) is 4.11. The molecule has 4 aromatic rings. The molecule has 2 aromatic heterocycles. The lowest BCUT2D eigenvalue weighted by Crippen LogP contribution is -2.02. The summed E-state index contributed by atoms with van der Waals surface area (Å²) in [5.74, 6) is 0.730. The minimum absolute atomic E-state index is 0.710. The molecule has 30 heavy (non-hydrogen) atoms. The van der Waals surface area contributed by atoms with Crippen molar-refractivity contribution in [3.05, 3.63) is 77.7 Å². The number of benzene rings is 2. The second-order valence-corrected chi connectivity index (χ2v) is 8.11. The van der Waals surface area contributed by atoms with Gasteiger partial charge in [0.25, 0.3) is 0 Å². The van der Waals surface area contributed by atoms with E-state index in [9.17, 15) is 0 Å². The Labute approximate surface area is 184 Å². The van der Waals surface area contributed by atoms with Gasteiger partial charge in [-0.15, -0.1) is 10.2 Å². The first-order valence-electron chi connectivity index (χ1n) is 9.64. The van der Waals surface area contributed by atoms with Crippen LogP contribution in [-0.4, -0.2) is 38.3 Å². The number of ether oxygens (including phenoxy) is 1. The Hall–Kier alpha value is -2.61. The van der Waals surface area contributed by atoms with Crippen molar-refractivity contribution in [1.29, 1.82) is 0 Å². The number of para-hydroxylation sites is 1. The van der Waals surface area contributed by atoms with E-state index in [1.165, 1.54) is 0 Å². The minimum Gasteiger partial charge on any atom is -0.385 e. The van der Waals surface area contributed by atoms with Gasteiger partial charge >= 0.3 is 0 Å². The summed E-state index contributed by atoms with van der Waals surface area (Å²) < 4.78 is 9.13. The molecule has 0 spiro atoms. The molecule has 0 fully saturated rings. The predicted octanol–water partition coefficient (Wildman–Crippen LogP) is 5.11. The van der Waals surface area contributed by atoms with Crippen LogP contribution >= 0.6 is 23.4 Å². The fraction of sp³-hybridized carbons (Fsp3) is 0.227. The van der Waals surface area contributed by atoms with Gasteiger partial charge in [-0.2, -0.15) is 5.10 Å². The highest BCUT2D eigenvalue weighted by molar-refractivity contribution is 7.98. The third-order valence-corrected chi connectivity index (χ3v) is 5.89. The van der Waals surface area contributed by atoms with Crippen LogP contribution in [-0.2, 0) is 17.0 Å². The smallest absolute Gasteiger partial charge is 0.191 e. The van der Waals surface area contributed by atoms with Gasteiger partial charge in [0.05, 0.1) is 11.4 Å². The lowest BCUT2D eigenvalue weighted by molar-refractivity contribution is 0.189. The van der Waals surface area contributed by atoms with Crippen LogP contribution in [0.5, 0.6) is 0 Å². The summed E-state index contributed by atoms with van der Waals surface area (Å²) in [7, 11) is 1.71. The number of aryl methyl sites for hydroxylation is 1. The Morgan fingerprint density at radius 3 is 2.63 bits per heavy atom. The van der Waals surface area contributed by atoms with Gasteiger partial charge in [0.1, 0.15) is 6.33 Å². The topological polar surface area (TPSA) is 57.8 Å². The Morgan fingerprint density at radius 1 is 1.07 bits per heavy atom. The molecule has 0 amide bonds.